The molecule has 0 aliphatic heterocycles. The lowest BCUT2D eigenvalue weighted by Crippen LogP contribution is -1.94. The molecule has 0 saturated carbocycles. The zero-order valence-electron chi connectivity index (χ0n) is 11.1. The van der Waals surface area contributed by atoms with Gasteiger partial charge in [0, 0.05) is 16.8 Å². The Bertz CT molecular complexity index is 1100. The Kier molecular flexibility index (Phi) is 2.29. The van der Waals surface area contributed by atoms with Crippen LogP contribution < -0.4 is 0 Å². The second-order valence-corrected chi connectivity index (χ2v) is 5.43. The maximum absolute atomic E-state index is 10.2. The van der Waals surface area contributed by atoms with Gasteiger partial charge in [0.05, 0.1) is 10.9 Å². The summed E-state index contributed by atoms with van der Waals surface area (Å²) >= 11 is 5.32. The Morgan fingerprint density at radius 3 is 2.81 bits per heavy atom. The summed E-state index contributed by atoms with van der Waals surface area (Å²) in [5, 5.41) is 29.2. The summed E-state index contributed by atoms with van der Waals surface area (Å²) in [5.74, 6) is -0.00584. The fraction of sp³-hybridized carbons (Fsp3) is 0.0667. The van der Waals surface area contributed by atoms with Crippen molar-refractivity contribution in [2.75, 3.05) is 0 Å². The number of phenolic OH excluding ortho intramolecular Hbond substituents is 2. The maximum atomic E-state index is 10.2. The molecular formula is C15H11N3O2S. The molecule has 0 spiro atoms. The Hall–Kier alpha value is -2.60. The monoisotopic (exact) mass is 297 g/mol. The Balaban J connectivity index is 2.52. The number of hydrogen-bond acceptors (Lipinski definition) is 4. The summed E-state index contributed by atoms with van der Waals surface area (Å²) in [6, 6.07) is 8.81. The van der Waals surface area contributed by atoms with E-state index in [1.165, 1.54) is 6.07 Å². The van der Waals surface area contributed by atoms with E-state index < -0.39 is 0 Å². The fourth-order valence-electron chi connectivity index (χ4n) is 2.90. The number of nitrogens with zero attached hydrogens (tertiary/aromatic N) is 2. The first-order valence-electron chi connectivity index (χ1n) is 6.42. The van der Waals surface area contributed by atoms with Crippen LogP contribution in [0.1, 0.15) is 5.56 Å². The Labute approximate surface area is 124 Å². The Morgan fingerprint density at radius 2 is 2.00 bits per heavy atom. The van der Waals surface area contributed by atoms with Crippen molar-refractivity contribution in [3.05, 3.63) is 40.7 Å². The average molecular weight is 297 g/mol. The highest BCUT2D eigenvalue weighted by Gasteiger charge is 2.16. The number of aryl methyl sites for hydroxylation is 1. The van der Waals surface area contributed by atoms with Crippen LogP contribution in [0, 0.1) is 11.7 Å². The first kappa shape index (κ1) is 12.2. The highest BCUT2D eigenvalue weighted by atomic mass is 32.1. The molecule has 4 aromatic rings. The minimum atomic E-state index is -0.0209. The molecule has 0 bridgehead atoms. The van der Waals surface area contributed by atoms with Gasteiger partial charge in [0.25, 0.3) is 0 Å². The number of hydrogen-bond donors (Lipinski definition) is 3. The highest BCUT2D eigenvalue weighted by molar-refractivity contribution is 7.71. The molecule has 0 aliphatic rings. The molecule has 0 aliphatic carbocycles. The van der Waals surface area contributed by atoms with Gasteiger partial charge in [-0.25, -0.2) is 0 Å². The van der Waals surface area contributed by atoms with Gasteiger partial charge in [0.1, 0.15) is 11.5 Å². The number of pyridine rings is 1. The zero-order valence-corrected chi connectivity index (χ0v) is 11.9. The minimum Gasteiger partial charge on any atom is -0.508 e. The van der Waals surface area contributed by atoms with Crippen molar-refractivity contribution in [3.63, 3.8) is 0 Å². The largest absolute Gasteiger partial charge is 0.508 e. The number of rotatable bonds is 0. The number of benzene rings is 2. The number of para-hydroxylation sites is 1. The van der Waals surface area contributed by atoms with Crippen LogP contribution >= 0.6 is 12.2 Å². The van der Waals surface area contributed by atoms with Gasteiger partial charge in [0.15, 0.2) is 10.4 Å². The van der Waals surface area contributed by atoms with Crippen LogP contribution in [0.4, 0.5) is 0 Å². The second-order valence-electron chi connectivity index (χ2n) is 5.05. The highest BCUT2D eigenvalue weighted by Crippen LogP contribution is 2.37. The summed E-state index contributed by atoms with van der Waals surface area (Å²) in [6.07, 6.45) is 0. The molecule has 0 unspecified atom stereocenters. The lowest BCUT2D eigenvalue weighted by atomic mass is 10.0. The van der Waals surface area contributed by atoms with Crippen LogP contribution in [0.5, 0.6) is 11.5 Å². The van der Waals surface area contributed by atoms with Crippen molar-refractivity contribution >= 4 is 39.5 Å². The molecule has 6 heteroatoms. The molecule has 4 rings (SSSR count). The lowest BCUT2D eigenvalue weighted by molar-refractivity contribution is 0.455. The quantitative estimate of drug-likeness (QED) is 0.343. The number of fused-ring (bicyclic) bond motifs is 6. The van der Waals surface area contributed by atoms with Crippen molar-refractivity contribution in [2.24, 2.45) is 0 Å². The summed E-state index contributed by atoms with van der Waals surface area (Å²) < 4.78 is 2.29. The van der Waals surface area contributed by atoms with Gasteiger partial charge < -0.3 is 10.2 Å². The predicted octanol–water partition coefficient (Wildman–Crippen LogP) is 3.42. The number of aromatic hydroxyl groups is 2. The van der Waals surface area contributed by atoms with E-state index in [1.54, 1.807) is 6.07 Å². The minimum absolute atomic E-state index is 0.0151. The van der Waals surface area contributed by atoms with Gasteiger partial charge in [-0.2, -0.15) is 5.10 Å². The van der Waals surface area contributed by atoms with E-state index >= 15 is 0 Å². The van der Waals surface area contributed by atoms with Gasteiger partial charge in [0.2, 0.25) is 0 Å². The van der Waals surface area contributed by atoms with Crippen molar-refractivity contribution in [2.45, 2.75) is 6.92 Å². The first-order chi connectivity index (χ1) is 10.1. The molecule has 5 nitrogen and oxygen atoms in total. The fourth-order valence-corrected chi connectivity index (χ4v) is 3.13. The molecule has 0 fully saturated rings. The smallest absolute Gasteiger partial charge is 0.200 e. The number of aromatic nitrogens is 3. The molecule has 2 aromatic heterocycles. The van der Waals surface area contributed by atoms with Gasteiger partial charge in [-0.15, -0.1) is 0 Å². The molecular weight excluding hydrogens is 286 g/mol. The van der Waals surface area contributed by atoms with Crippen molar-refractivity contribution < 1.29 is 10.2 Å². The van der Waals surface area contributed by atoms with E-state index in [4.69, 9.17) is 12.2 Å². The number of nitrogens with one attached hydrogen (secondary N) is 1. The van der Waals surface area contributed by atoms with Crippen molar-refractivity contribution in [3.8, 4) is 11.5 Å². The normalized spacial score (nSPS) is 11.7. The van der Waals surface area contributed by atoms with Crippen molar-refractivity contribution in [1.29, 1.82) is 0 Å². The van der Waals surface area contributed by atoms with Crippen molar-refractivity contribution in [1.82, 2.24) is 14.6 Å². The van der Waals surface area contributed by atoms with E-state index in [0.29, 0.717) is 15.8 Å². The van der Waals surface area contributed by atoms with Crippen LogP contribution in [0.2, 0.25) is 0 Å². The number of phenols is 2. The van der Waals surface area contributed by atoms with Crippen LogP contribution in [0.3, 0.4) is 0 Å². The summed E-state index contributed by atoms with van der Waals surface area (Å²) in [4.78, 5) is 0. The van der Waals surface area contributed by atoms with E-state index in [-0.39, 0.29) is 11.5 Å². The molecule has 0 amide bonds. The number of aromatic amines is 1. The van der Waals surface area contributed by atoms with Gasteiger partial charge in [-0.1, -0.05) is 18.2 Å². The van der Waals surface area contributed by atoms with E-state index in [1.807, 2.05) is 29.5 Å². The Morgan fingerprint density at radius 1 is 1.19 bits per heavy atom. The van der Waals surface area contributed by atoms with E-state index in [0.717, 1.165) is 21.9 Å². The lowest BCUT2D eigenvalue weighted by Gasteiger charge is -2.11. The molecule has 21 heavy (non-hydrogen) atoms. The third-order valence-corrected chi connectivity index (χ3v) is 4.02. The summed E-state index contributed by atoms with van der Waals surface area (Å²) in [6.45, 7) is 1.99. The molecule has 104 valence electrons. The first-order valence-corrected chi connectivity index (χ1v) is 6.83. The SMILES string of the molecule is Cc1cccc2c3cc(O)cc(O)c3c3n[nH]c(=S)n3c12. The topological polar surface area (TPSA) is 73.5 Å². The third kappa shape index (κ3) is 1.50. The van der Waals surface area contributed by atoms with Gasteiger partial charge in [-0.3, -0.25) is 9.50 Å². The molecule has 0 radical (unpaired) electrons. The van der Waals surface area contributed by atoms with Gasteiger partial charge in [-0.05, 0) is 30.8 Å². The number of H-pyrrole nitrogens is 1. The van der Waals surface area contributed by atoms with Crippen LogP contribution in [-0.4, -0.2) is 24.8 Å². The molecule has 0 atom stereocenters. The summed E-state index contributed by atoms with van der Waals surface area (Å²) in [5.41, 5.74) is 2.51. The third-order valence-electron chi connectivity index (χ3n) is 3.75. The van der Waals surface area contributed by atoms with E-state index in [2.05, 4.69) is 10.2 Å². The maximum Gasteiger partial charge on any atom is 0.200 e. The molecule has 0 saturated heterocycles. The second kappa shape index (κ2) is 3.95. The molecule has 2 aromatic carbocycles. The molecule has 2 heterocycles. The van der Waals surface area contributed by atoms with E-state index in [9.17, 15) is 10.2 Å². The molecule has 3 N–H and O–H groups in total. The van der Waals surface area contributed by atoms with Gasteiger partial charge >= 0.3 is 0 Å². The summed E-state index contributed by atoms with van der Waals surface area (Å²) in [7, 11) is 0. The van der Waals surface area contributed by atoms with Crippen LogP contribution in [0.25, 0.3) is 27.3 Å². The zero-order chi connectivity index (χ0) is 14.7. The predicted molar refractivity (Wildman–Crippen MR) is 83.5 cm³/mol. The average Bonchev–Trinajstić information content (AvgIpc) is 2.80. The van der Waals surface area contributed by atoms with Crippen LogP contribution in [0.15, 0.2) is 30.3 Å². The standard InChI is InChI=1S/C15H11N3O2S/c1-7-3-2-4-9-10-5-8(19)6-11(20)12(10)14-16-17-15(21)18(14)13(7)9/h2-6,19-20H,1H3,(H,17,21). The van der Waals surface area contributed by atoms with Crippen LogP contribution in [-0.2, 0) is 0 Å².